The molecule has 0 atom stereocenters. The van der Waals surface area contributed by atoms with Crippen LogP contribution in [-0.4, -0.2) is 0 Å². The van der Waals surface area contributed by atoms with Gasteiger partial charge in [-0.2, -0.15) is 13.2 Å². The summed E-state index contributed by atoms with van der Waals surface area (Å²) in [7, 11) is 0. The molecule has 0 radical (unpaired) electrons. The number of halogens is 4. The van der Waals surface area contributed by atoms with Gasteiger partial charge in [0.25, 0.3) is 0 Å². The highest BCUT2D eigenvalue weighted by atomic mass is 127. The summed E-state index contributed by atoms with van der Waals surface area (Å²) in [5.41, 5.74) is -0.668. The fourth-order valence-electron chi connectivity index (χ4n) is 0.751. The number of benzene rings is 1. The van der Waals surface area contributed by atoms with Crippen molar-refractivity contribution in [1.29, 1.82) is 5.26 Å². The third kappa shape index (κ3) is 2.88. The van der Waals surface area contributed by atoms with Crippen LogP contribution in [0.5, 0.6) is 0 Å². The van der Waals surface area contributed by atoms with Crippen molar-refractivity contribution < 1.29 is 34.4 Å². The molecule has 0 amide bonds. The van der Waals surface area contributed by atoms with Crippen LogP contribution in [0.4, 0.5) is 13.2 Å². The standard InChI is InChI=1S/C8H4F3IN/c9-8(10,11)6-1-3-7(4-2-6)12-5-13/h1-4H/q+1. The lowest BCUT2D eigenvalue weighted by molar-refractivity contribution is -0.538. The minimum absolute atomic E-state index is 0.668. The van der Waals surface area contributed by atoms with Gasteiger partial charge in [0.15, 0.2) is 0 Å². The van der Waals surface area contributed by atoms with Gasteiger partial charge in [0, 0.05) is 0 Å². The summed E-state index contributed by atoms with van der Waals surface area (Å²) >= 11 is -0.781. The van der Waals surface area contributed by atoms with E-state index in [0.29, 0.717) is 3.57 Å². The van der Waals surface area contributed by atoms with Crippen LogP contribution in [0.25, 0.3) is 0 Å². The maximum Gasteiger partial charge on any atom is 0.449 e. The molecular formula is C8H4F3IN+. The molecule has 0 saturated carbocycles. The number of nitrogens with zero attached hydrogens (tertiary/aromatic N) is 1. The first kappa shape index (κ1) is 10.3. The summed E-state index contributed by atoms with van der Waals surface area (Å²) in [5.74, 6) is 0. The Morgan fingerprint density at radius 2 is 1.69 bits per heavy atom. The largest absolute Gasteiger partial charge is 0.449 e. The van der Waals surface area contributed by atoms with Gasteiger partial charge in [-0.25, -0.2) is 0 Å². The third-order valence-electron chi connectivity index (χ3n) is 1.32. The Morgan fingerprint density at radius 1 is 1.15 bits per heavy atom. The van der Waals surface area contributed by atoms with Gasteiger partial charge in [0.1, 0.15) is 0 Å². The van der Waals surface area contributed by atoms with Gasteiger partial charge in [0.05, 0.1) is 5.56 Å². The maximum absolute atomic E-state index is 12.0. The van der Waals surface area contributed by atoms with E-state index in [-0.39, 0.29) is 0 Å². The van der Waals surface area contributed by atoms with Gasteiger partial charge in [-0.3, -0.25) is 0 Å². The minimum atomic E-state index is -4.29. The zero-order valence-corrected chi connectivity index (χ0v) is 8.43. The van der Waals surface area contributed by atoms with Crippen LogP contribution < -0.4 is 21.2 Å². The van der Waals surface area contributed by atoms with Crippen LogP contribution in [0.1, 0.15) is 5.56 Å². The van der Waals surface area contributed by atoms with Crippen molar-refractivity contribution in [3.8, 4) is 4.08 Å². The van der Waals surface area contributed by atoms with Crippen molar-refractivity contribution in [3.63, 3.8) is 0 Å². The molecule has 0 unspecified atom stereocenters. The van der Waals surface area contributed by atoms with Crippen molar-refractivity contribution in [2.45, 2.75) is 6.18 Å². The van der Waals surface area contributed by atoms with Crippen LogP contribution in [0.3, 0.4) is 0 Å². The van der Waals surface area contributed by atoms with Gasteiger partial charge >= 0.3 is 31.5 Å². The molecule has 1 rings (SSSR count). The first-order chi connectivity index (χ1) is 6.04. The van der Waals surface area contributed by atoms with E-state index >= 15 is 0 Å². The Bertz CT molecular complexity index is 323. The highest BCUT2D eigenvalue weighted by molar-refractivity contribution is 5.17. The molecule has 0 aliphatic heterocycles. The molecular weight excluding hydrogens is 294 g/mol. The second kappa shape index (κ2) is 3.96. The molecule has 0 aliphatic rings. The Balaban J connectivity index is 2.89. The lowest BCUT2D eigenvalue weighted by Gasteiger charge is -2.03. The molecule has 0 aromatic heterocycles. The number of hydrogen-bond donors (Lipinski definition) is 0. The van der Waals surface area contributed by atoms with Crippen molar-refractivity contribution in [2.24, 2.45) is 0 Å². The summed E-state index contributed by atoms with van der Waals surface area (Å²) in [4.78, 5) is 0. The van der Waals surface area contributed by atoms with E-state index < -0.39 is 32.9 Å². The smallest absolute Gasteiger partial charge is 0.166 e. The van der Waals surface area contributed by atoms with Gasteiger partial charge in [-0.15, -0.1) is 5.26 Å². The quantitative estimate of drug-likeness (QED) is 0.638. The maximum atomic E-state index is 12.0. The van der Waals surface area contributed by atoms with Crippen LogP contribution in [0.2, 0.25) is 0 Å². The number of hydrogen-bond acceptors (Lipinski definition) is 1. The van der Waals surface area contributed by atoms with E-state index in [4.69, 9.17) is 5.26 Å². The average Bonchev–Trinajstić information content (AvgIpc) is 2.04. The highest BCUT2D eigenvalue weighted by Crippen LogP contribution is 2.28. The van der Waals surface area contributed by atoms with E-state index in [1.54, 1.807) is 0 Å². The van der Waals surface area contributed by atoms with Crippen molar-refractivity contribution in [3.05, 3.63) is 33.4 Å². The normalized spacial score (nSPS) is 10.9. The number of nitriles is 1. The average molecular weight is 298 g/mol. The van der Waals surface area contributed by atoms with Gasteiger partial charge < -0.3 is 0 Å². The third-order valence-corrected chi connectivity index (χ3v) is 2.91. The molecule has 0 bridgehead atoms. The number of alkyl halides is 3. The van der Waals surface area contributed by atoms with E-state index in [1.165, 1.54) is 12.1 Å². The van der Waals surface area contributed by atoms with E-state index in [1.807, 2.05) is 4.08 Å². The van der Waals surface area contributed by atoms with Crippen LogP contribution in [-0.2, 0) is 6.18 Å². The molecule has 1 nitrogen and oxygen atoms in total. The lowest BCUT2D eigenvalue weighted by Crippen LogP contribution is -3.59. The molecule has 0 fully saturated rings. The summed E-state index contributed by atoms with van der Waals surface area (Å²) in [6.45, 7) is 0. The van der Waals surface area contributed by atoms with Gasteiger partial charge in [-0.1, -0.05) is 0 Å². The fourth-order valence-corrected chi connectivity index (χ4v) is 1.75. The Morgan fingerprint density at radius 3 is 2.08 bits per heavy atom. The zero-order valence-electron chi connectivity index (χ0n) is 6.27. The second-order valence-electron chi connectivity index (χ2n) is 2.18. The van der Waals surface area contributed by atoms with E-state index in [0.717, 1.165) is 12.1 Å². The summed E-state index contributed by atoms with van der Waals surface area (Å²) in [5, 5.41) is 8.33. The Hall–Kier alpha value is -0.770. The summed E-state index contributed by atoms with van der Waals surface area (Å²) in [6.07, 6.45) is -4.29. The molecule has 0 saturated heterocycles. The predicted molar refractivity (Wildman–Crippen MR) is 35.8 cm³/mol. The van der Waals surface area contributed by atoms with Gasteiger partial charge in [-0.05, 0) is 24.3 Å². The zero-order chi connectivity index (χ0) is 9.90. The van der Waals surface area contributed by atoms with Crippen LogP contribution in [0.15, 0.2) is 24.3 Å². The topological polar surface area (TPSA) is 23.8 Å². The Labute approximate surface area is 83.4 Å². The van der Waals surface area contributed by atoms with Crippen molar-refractivity contribution in [1.82, 2.24) is 0 Å². The summed E-state index contributed by atoms with van der Waals surface area (Å²) < 4.78 is 38.8. The second-order valence-corrected chi connectivity index (χ2v) is 4.45. The lowest BCUT2D eigenvalue weighted by atomic mass is 10.2. The van der Waals surface area contributed by atoms with Gasteiger partial charge in [0.2, 0.25) is 3.57 Å². The molecule has 0 heterocycles. The molecule has 1 aromatic carbocycles. The first-order valence-corrected chi connectivity index (χ1v) is 5.40. The Kier molecular flexibility index (Phi) is 3.14. The summed E-state index contributed by atoms with van der Waals surface area (Å²) in [6, 6.07) is 4.73. The molecule has 5 heteroatoms. The van der Waals surface area contributed by atoms with E-state index in [2.05, 4.69) is 0 Å². The molecule has 68 valence electrons. The fraction of sp³-hybridized carbons (Fsp3) is 0.125. The molecule has 13 heavy (non-hydrogen) atoms. The van der Waals surface area contributed by atoms with E-state index in [9.17, 15) is 13.2 Å². The molecule has 0 N–H and O–H groups in total. The van der Waals surface area contributed by atoms with Crippen LogP contribution >= 0.6 is 0 Å². The molecule has 0 aliphatic carbocycles. The molecule has 0 spiro atoms. The van der Waals surface area contributed by atoms with Crippen molar-refractivity contribution in [2.75, 3.05) is 0 Å². The molecule has 1 aromatic rings. The monoisotopic (exact) mass is 298 g/mol. The predicted octanol–water partition coefficient (Wildman–Crippen LogP) is -0.555. The number of rotatable bonds is 1. The minimum Gasteiger partial charge on any atom is -0.166 e. The van der Waals surface area contributed by atoms with Crippen LogP contribution in [0, 0.1) is 12.9 Å². The SMILES string of the molecule is N#C[I+]c1ccc(C(F)(F)F)cc1. The highest BCUT2D eigenvalue weighted by Gasteiger charge is 2.30. The van der Waals surface area contributed by atoms with Crippen molar-refractivity contribution >= 4 is 0 Å². The first-order valence-electron chi connectivity index (χ1n) is 3.24.